The molecule has 29 heavy (non-hydrogen) atoms. The first kappa shape index (κ1) is 20.8. The first-order valence-corrected chi connectivity index (χ1v) is 10.4. The molecule has 3 aromatic rings. The van der Waals surface area contributed by atoms with Gasteiger partial charge < -0.3 is 5.32 Å². The minimum Gasteiger partial charge on any atom is -0.326 e. The molecule has 0 aliphatic carbocycles. The number of anilines is 1. The largest absolute Gasteiger partial charge is 0.326 e. The van der Waals surface area contributed by atoms with Gasteiger partial charge in [0.1, 0.15) is 0 Å². The molecule has 0 spiro atoms. The first-order valence-electron chi connectivity index (χ1n) is 9.37. The molecule has 2 aromatic carbocycles. The number of nitrogens with zero attached hydrogens (tertiary/aromatic N) is 2. The number of para-hydroxylation sites is 1. The number of benzene rings is 2. The molecule has 1 amide bonds. The predicted octanol–water partition coefficient (Wildman–Crippen LogP) is 3.89. The average molecular weight is 410 g/mol. The van der Waals surface area contributed by atoms with Crippen LogP contribution in [0.25, 0.3) is 10.9 Å². The first-order chi connectivity index (χ1) is 13.8. The number of hydrogen-bond acceptors (Lipinski definition) is 5. The topological polar surface area (TPSA) is 81.1 Å². The lowest BCUT2D eigenvalue weighted by Crippen LogP contribution is -2.20. The normalized spacial score (nSPS) is 11.0. The molecule has 0 aliphatic rings. The van der Waals surface area contributed by atoms with Crippen LogP contribution in [0.15, 0.2) is 58.5 Å². The lowest BCUT2D eigenvalue weighted by atomic mass is 10.1. The van der Waals surface area contributed by atoms with Crippen LogP contribution in [0, 0.1) is 5.92 Å². The van der Waals surface area contributed by atoms with Crippen molar-refractivity contribution < 1.29 is 9.59 Å². The van der Waals surface area contributed by atoms with Gasteiger partial charge in [-0.15, -0.1) is 0 Å². The standard InChI is InChI=1S/C22H23N3O3S/c1-14(2)12-20(27)23-16-10-8-15(9-11-16)19(26)13-29-22-24-18-7-5-4-6-17(18)21(28)25(22)3/h4-11,14H,12-13H2,1-3H3,(H,23,27). The Bertz CT molecular complexity index is 1100. The van der Waals surface area contributed by atoms with E-state index in [0.717, 1.165) is 0 Å². The molecular formula is C22H23N3O3S. The number of thioether (sulfide) groups is 1. The van der Waals surface area contributed by atoms with Crippen LogP contribution in [-0.2, 0) is 11.8 Å². The molecule has 0 radical (unpaired) electrons. The molecule has 1 aromatic heterocycles. The fourth-order valence-corrected chi connectivity index (χ4v) is 3.73. The number of amides is 1. The summed E-state index contributed by atoms with van der Waals surface area (Å²) in [6.45, 7) is 3.97. The number of carbonyl (C=O) groups is 2. The summed E-state index contributed by atoms with van der Waals surface area (Å²) in [5.41, 5.74) is 1.70. The molecule has 3 rings (SSSR count). The second-order valence-corrected chi connectivity index (χ2v) is 8.15. The summed E-state index contributed by atoms with van der Waals surface area (Å²) in [6, 6.07) is 14.0. The van der Waals surface area contributed by atoms with E-state index in [4.69, 9.17) is 0 Å². The highest BCUT2D eigenvalue weighted by molar-refractivity contribution is 7.99. The smallest absolute Gasteiger partial charge is 0.261 e. The van der Waals surface area contributed by atoms with Gasteiger partial charge in [0.25, 0.3) is 5.56 Å². The number of Topliss-reactive ketones (excluding diaryl/α,β-unsaturated/α-hetero) is 1. The third-order valence-electron chi connectivity index (χ3n) is 4.36. The van der Waals surface area contributed by atoms with Crippen LogP contribution >= 0.6 is 11.8 Å². The van der Waals surface area contributed by atoms with E-state index in [1.165, 1.54) is 16.3 Å². The molecule has 0 fully saturated rings. The molecule has 0 unspecified atom stereocenters. The van der Waals surface area contributed by atoms with Gasteiger partial charge in [-0.2, -0.15) is 0 Å². The third-order valence-corrected chi connectivity index (χ3v) is 5.39. The summed E-state index contributed by atoms with van der Waals surface area (Å²) in [7, 11) is 1.66. The Morgan fingerprint density at radius 3 is 2.48 bits per heavy atom. The van der Waals surface area contributed by atoms with Crippen molar-refractivity contribution in [2.24, 2.45) is 13.0 Å². The van der Waals surface area contributed by atoms with Gasteiger partial charge in [0.05, 0.1) is 16.7 Å². The Hall–Kier alpha value is -2.93. The number of aromatic nitrogens is 2. The van der Waals surface area contributed by atoms with Crippen LogP contribution in [-0.4, -0.2) is 27.0 Å². The number of rotatable bonds is 7. The molecule has 0 bridgehead atoms. The molecule has 6 nitrogen and oxygen atoms in total. The number of hydrogen-bond donors (Lipinski definition) is 1. The van der Waals surface area contributed by atoms with Gasteiger partial charge in [-0.3, -0.25) is 19.0 Å². The maximum Gasteiger partial charge on any atom is 0.261 e. The van der Waals surface area contributed by atoms with E-state index in [9.17, 15) is 14.4 Å². The Morgan fingerprint density at radius 2 is 1.79 bits per heavy atom. The second kappa shape index (κ2) is 9.05. The van der Waals surface area contributed by atoms with E-state index < -0.39 is 0 Å². The van der Waals surface area contributed by atoms with Crippen LogP contribution in [0.4, 0.5) is 5.69 Å². The van der Waals surface area contributed by atoms with Gasteiger partial charge in [-0.05, 0) is 42.3 Å². The highest BCUT2D eigenvalue weighted by Crippen LogP contribution is 2.19. The molecule has 0 saturated carbocycles. The summed E-state index contributed by atoms with van der Waals surface area (Å²) in [5, 5.41) is 3.88. The van der Waals surface area contributed by atoms with Crippen molar-refractivity contribution in [2.75, 3.05) is 11.1 Å². The number of nitrogens with one attached hydrogen (secondary N) is 1. The molecule has 150 valence electrons. The van der Waals surface area contributed by atoms with Crippen LogP contribution in [0.3, 0.4) is 0 Å². The average Bonchev–Trinajstić information content (AvgIpc) is 2.69. The molecule has 0 atom stereocenters. The van der Waals surface area contributed by atoms with Crippen molar-refractivity contribution in [1.82, 2.24) is 9.55 Å². The van der Waals surface area contributed by atoms with E-state index in [-0.39, 0.29) is 28.9 Å². The third kappa shape index (κ3) is 5.12. The Balaban J connectivity index is 1.67. The molecule has 7 heteroatoms. The quantitative estimate of drug-likeness (QED) is 0.364. The van der Waals surface area contributed by atoms with Gasteiger partial charge in [0.2, 0.25) is 5.91 Å². The zero-order valence-corrected chi connectivity index (χ0v) is 17.5. The lowest BCUT2D eigenvalue weighted by molar-refractivity contribution is -0.116. The SMILES string of the molecule is CC(C)CC(=O)Nc1ccc(C(=O)CSc2nc3ccccc3c(=O)n2C)cc1. The maximum atomic E-state index is 12.5. The Labute approximate surface area is 173 Å². The van der Waals surface area contributed by atoms with E-state index >= 15 is 0 Å². The number of carbonyl (C=O) groups excluding carboxylic acids is 2. The van der Waals surface area contributed by atoms with Crippen molar-refractivity contribution in [3.63, 3.8) is 0 Å². The predicted molar refractivity (Wildman–Crippen MR) is 117 cm³/mol. The molecule has 0 saturated heterocycles. The molecule has 1 N–H and O–H groups in total. The van der Waals surface area contributed by atoms with Crippen LogP contribution in [0.2, 0.25) is 0 Å². The fraction of sp³-hybridized carbons (Fsp3) is 0.273. The van der Waals surface area contributed by atoms with Gasteiger partial charge in [0, 0.05) is 24.7 Å². The Morgan fingerprint density at radius 1 is 1.10 bits per heavy atom. The van der Waals surface area contributed by atoms with Gasteiger partial charge >= 0.3 is 0 Å². The van der Waals surface area contributed by atoms with Crippen LogP contribution < -0.4 is 10.9 Å². The molecular weight excluding hydrogens is 386 g/mol. The van der Waals surface area contributed by atoms with Gasteiger partial charge in [-0.1, -0.05) is 37.7 Å². The van der Waals surface area contributed by atoms with Crippen molar-refractivity contribution in [2.45, 2.75) is 25.4 Å². The van der Waals surface area contributed by atoms with E-state index in [1.54, 1.807) is 49.5 Å². The zero-order valence-electron chi connectivity index (χ0n) is 16.6. The number of fused-ring (bicyclic) bond motifs is 1. The Kier molecular flexibility index (Phi) is 6.49. The zero-order chi connectivity index (χ0) is 21.0. The molecule has 1 heterocycles. The van der Waals surface area contributed by atoms with E-state index in [1.807, 2.05) is 19.9 Å². The summed E-state index contributed by atoms with van der Waals surface area (Å²) < 4.78 is 1.47. The summed E-state index contributed by atoms with van der Waals surface area (Å²) in [5.74, 6) is 0.334. The van der Waals surface area contributed by atoms with Crippen molar-refractivity contribution in [3.8, 4) is 0 Å². The monoisotopic (exact) mass is 409 g/mol. The van der Waals surface area contributed by atoms with Crippen molar-refractivity contribution in [3.05, 3.63) is 64.4 Å². The van der Waals surface area contributed by atoms with Crippen molar-refractivity contribution in [1.29, 1.82) is 0 Å². The van der Waals surface area contributed by atoms with Gasteiger partial charge in [-0.25, -0.2) is 4.98 Å². The minimum atomic E-state index is -0.132. The summed E-state index contributed by atoms with van der Waals surface area (Å²) in [4.78, 5) is 41.3. The van der Waals surface area contributed by atoms with Crippen LogP contribution in [0.1, 0.15) is 30.6 Å². The second-order valence-electron chi connectivity index (χ2n) is 7.21. The van der Waals surface area contributed by atoms with E-state index in [0.29, 0.717) is 33.7 Å². The maximum absolute atomic E-state index is 12.5. The summed E-state index contributed by atoms with van der Waals surface area (Å²) >= 11 is 1.23. The molecule has 0 aliphatic heterocycles. The fourth-order valence-electron chi connectivity index (χ4n) is 2.86. The summed E-state index contributed by atoms with van der Waals surface area (Å²) in [6.07, 6.45) is 0.453. The highest BCUT2D eigenvalue weighted by Gasteiger charge is 2.12. The lowest BCUT2D eigenvalue weighted by Gasteiger charge is -2.09. The van der Waals surface area contributed by atoms with Gasteiger partial charge in [0.15, 0.2) is 10.9 Å². The number of ketones is 1. The van der Waals surface area contributed by atoms with E-state index in [2.05, 4.69) is 10.3 Å². The minimum absolute atomic E-state index is 0.0436. The highest BCUT2D eigenvalue weighted by atomic mass is 32.2. The van der Waals surface area contributed by atoms with Crippen molar-refractivity contribution >= 4 is 40.0 Å². The van der Waals surface area contributed by atoms with Crippen LogP contribution in [0.5, 0.6) is 0 Å².